The third-order valence-electron chi connectivity index (χ3n) is 5.86. The van der Waals surface area contributed by atoms with E-state index in [1.807, 2.05) is 4.57 Å². The van der Waals surface area contributed by atoms with Crippen LogP contribution in [-0.2, 0) is 11.3 Å². The first-order valence-electron chi connectivity index (χ1n) is 11.0. The number of thioether (sulfide) groups is 1. The van der Waals surface area contributed by atoms with Crippen LogP contribution in [0.1, 0.15) is 40.0 Å². The van der Waals surface area contributed by atoms with Gasteiger partial charge < -0.3 is 4.74 Å². The molecule has 0 saturated carbocycles. The monoisotopic (exact) mass is 466 g/mol. The van der Waals surface area contributed by atoms with E-state index in [0.717, 1.165) is 30.2 Å². The Morgan fingerprint density at radius 3 is 2.42 bits per heavy atom. The van der Waals surface area contributed by atoms with E-state index in [0.29, 0.717) is 42.2 Å². The molecule has 3 heterocycles. The Kier molecular flexibility index (Phi) is 6.24. The molecule has 2 amide bonds. The lowest BCUT2D eigenvalue weighted by Crippen LogP contribution is -2.31. The fourth-order valence-corrected chi connectivity index (χ4v) is 5.06. The SMILES string of the molecule is O=C1c2ccccc2C(=O)N1CCCSc1nnc(-c2ccc(F)cc2)n1CC1CCCO1. The topological polar surface area (TPSA) is 77.3 Å². The van der Waals surface area contributed by atoms with Gasteiger partial charge in [-0.3, -0.25) is 19.1 Å². The predicted molar refractivity (Wildman–Crippen MR) is 122 cm³/mol. The van der Waals surface area contributed by atoms with Gasteiger partial charge >= 0.3 is 0 Å². The maximum atomic E-state index is 13.4. The van der Waals surface area contributed by atoms with Crippen molar-refractivity contribution in [3.8, 4) is 11.4 Å². The largest absolute Gasteiger partial charge is 0.376 e. The van der Waals surface area contributed by atoms with E-state index in [9.17, 15) is 14.0 Å². The number of amides is 2. The van der Waals surface area contributed by atoms with Gasteiger partial charge in [0.15, 0.2) is 11.0 Å². The fraction of sp³-hybridized carbons (Fsp3) is 0.333. The Hall–Kier alpha value is -3.04. The number of rotatable bonds is 8. The maximum Gasteiger partial charge on any atom is 0.261 e. The summed E-state index contributed by atoms with van der Waals surface area (Å²) in [5, 5.41) is 9.47. The lowest BCUT2D eigenvalue weighted by molar-refractivity contribution is 0.0654. The summed E-state index contributed by atoms with van der Waals surface area (Å²) in [6, 6.07) is 13.1. The van der Waals surface area contributed by atoms with Crippen LogP contribution in [-0.4, -0.2) is 56.5 Å². The number of nitrogens with zero attached hydrogens (tertiary/aromatic N) is 4. The highest BCUT2D eigenvalue weighted by molar-refractivity contribution is 7.99. The maximum absolute atomic E-state index is 13.4. The van der Waals surface area contributed by atoms with Crippen LogP contribution in [0, 0.1) is 5.82 Å². The Morgan fingerprint density at radius 2 is 1.76 bits per heavy atom. The number of aromatic nitrogens is 3. The summed E-state index contributed by atoms with van der Waals surface area (Å²) in [4.78, 5) is 26.4. The van der Waals surface area contributed by atoms with Crippen molar-refractivity contribution in [1.29, 1.82) is 0 Å². The number of carbonyl (C=O) groups excluding carboxylic acids is 2. The molecule has 9 heteroatoms. The molecule has 0 N–H and O–H groups in total. The van der Waals surface area contributed by atoms with E-state index in [1.165, 1.54) is 28.8 Å². The molecule has 0 bridgehead atoms. The first kappa shape index (κ1) is 21.8. The number of hydrogen-bond acceptors (Lipinski definition) is 6. The summed E-state index contributed by atoms with van der Waals surface area (Å²) in [5.74, 6) is 0.571. The molecule has 1 atom stereocenters. The number of hydrogen-bond donors (Lipinski definition) is 0. The quantitative estimate of drug-likeness (QED) is 0.283. The van der Waals surface area contributed by atoms with Crippen molar-refractivity contribution in [1.82, 2.24) is 19.7 Å². The van der Waals surface area contributed by atoms with E-state index >= 15 is 0 Å². The van der Waals surface area contributed by atoms with Gasteiger partial charge in [-0.2, -0.15) is 0 Å². The van der Waals surface area contributed by atoms with Crippen molar-refractivity contribution in [2.75, 3.05) is 18.9 Å². The fourth-order valence-electron chi connectivity index (χ4n) is 4.19. The molecule has 0 radical (unpaired) electrons. The second-order valence-corrected chi connectivity index (χ2v) is 9.13. The molecule has 0 aliphatic carbocycles. The standard InChI is InChI=1S/C24H23FN4O3S/c25-17-10-8-16(9-11-17)21-26-27-24(29(21)15-18-5-3-13-32-18)33-14-4-12-28-22(30)19-6-1-2-7-20(19)23(28)31/h1-2,6-11,18H,3-5,12-15H2. The minimum atomic E-state index is -0.299. The van der Waals surface area contributed by atoms with Gasteiger partial charge in [-0.25, -0.2) is 4.39 Å². The van der Waals surface area contributed by atoms with Crippen LogP contribution in [0.3, 0.4) is 0 Å². The summed E-state index contributed by atoms with van der Waals surface area (Å²) < 4.78 is 21.2. The third-order valence-corrected chi connectivity index (χ3v) is 6.92. The van der Waals surface area contributed by atoms with Gasteiger partial charge in [0.05, 0.1) is 23.8 Å². The van der Waals surface area contributed by atoms with Crippen LogP contribution in [0.5, 0.6) is 0 Å². The summed E-state index contributed by atoms with van der Waals surface area (Å²) >= 11 is 1.53. The highest BCUT2D eigenvalue weighted by atomic mass is 32.2. The molecule has 5 rings (SSSR count). The molecule has 33 heavy (non-hydrogen) atoms. The van der Waals surface area contributed by atoms with Gasteiger partial charge in [-0.05, 0) is 55.7 Å². The number of benzene rings is 2. The van der Waals surface area contributed by atoms with Gasteiger partial charge in [0, 0.05) is 24.5 Å². The van der Waals surface area contributed by atoms with Crippen LogP contribution >= 0.6 is 11.8 Å². The number of carbonyl (C=O) groups is 2. The van der Waals surface area contributed by atoms with Gasteiger partial charge in [0.25, 0.3) is 11.8 Å². The molecule has 1 unspecified atom stereocenters. The van der Waals surface area contributed by atoms with Gasteiger partial charge in [-0.15, -0.1) is 10.2 Å². The number of fused-ring (bicyclic) bond motifs is 1. The van der Waals surface area contributed by atoms with Crippen LogP contribution in [0.15, 0.2) is 53.7 Å². The molecule has 2 aromatic carbocycles. The predicted octanol–water partition coefficient (Wildman–Crippen LogP) is 4.04. The highest BCUT2D eigenvalue weighted by Crippen LogP contribution is 2.28. The zero-order valence-corrected chi connectivity index (χ0v) is 18.8. The minimum absolute atomic E-state index is 0.0953. The van der Waals surface area contributed by atoms with E-state index in [1.54, 1.807) is 36.4 Å². The van der Waals surface area contributed by atoms with E-state index in [-0.39, 0.29) is 23.7 Å². The summed E-state index contributed by atoms with van der Waals surface area (Å²) in [7, 11) is 0. The molecule has 3 aromatic rings. The Morgan fingerprint density at radius 1 is 1.03 bits per heavy atom. The molecule has 2 aliphatic heterocycles. The van der Waals surface area contributed by atoms with Gasteiger partial charge in [-0.1, -0.05) is 23.9 Å². The van der Waals surface area contributed by atoms with Crippen molar-refractivity contribution in [2.24, 2.45) is 0 Å². The number of ether oxygens (including phenoxy) is 1. The second kappa shape index (κ2) is 9.44. The average molecular weight is 467 g/mol. The van der Waals surface area contributed by atoms with Crippen molar-refractivity contribution in [3.63, 3.8) is 0 Å². The minimum Gasteiger partial charge on any atom is -0.376 e. The summed E-state index contributed by atoms with van der Waals surface area (Å²) in [6.45, 7) is 1.73. The molecule has 170 valence electrons. The van der Waals surface area contributed by atoms with Gasteiger partial charge in [0.1, 0.15) is 5.82 Å². The normalized spacial score (nSPS) is 17.7. The second-order valence-electron chi connectivity index (χ2n) is 8.07. The smallest absolute Gasteiger partial charge is 0.261 e. The molecule has 2 aliphatic rings. The molecule has 7 nitrogen and oxygen atoms in total. The molecule has 0 spiro atoms. The summed E-state index contributed by atoms with van der Waals surface area (Å²) in [5.41, 5.74) is 1.73. The van der Waals surface area contributed by atoms with Crippen molar-refractivity contribution in [2.45, 2.75) is 37.1 Å². The van der Waals surface area contributed by atoms with Crippen molar-refractivity contribution >= 4 is 23.6 Å². The van der Waals surface area contributed by atoms with Crippen molar-refractivity contribution in [3.05, 3.63) is 65.5 Å². The first-order chi connectivity index (χ1) is 16.1. The molecule has 1 aromatic heterocycles. The van der Waals surface area contributed by atoms with Crippen LogP contribution in [0.4, 0.5) is 4.39 Å². The Bertz CT molecular complexity index is 1140. The number of imide groups is 1. The summed E-state index contributed by atoms with van der Waals surface area (Å²) in [6.07, 6.45) is 2.74. The van der Waals surface area contributed by atoms with Gasteiger partial charge in [0.2, 0.25) is 0 Å². The zero-order valence-electron chi connectivity index (χ0n) is 17.9. The Labute approximate surface area is 194 Å². The highest BCUT2D eigenvalue weighted by Gasteiger charge is 2.34. The third kappa shape index (κ3) is 4.43. The van der Waals surface area contributed by atoms with Crippen LogP contribution in [0.25, 0.3) is 11.4 Å². The lowest BCUT2D eigenvalue weighted by atomic mass is 10.1. The Balaban J connectivity index is 1.26. The van der Waals surface area contributed by atoms with E-state index < -0.39 is 0 Å². The first-order valence-corrected chi connectivity index (χ1v) is 12.0. The lowest BCUT2D eigenvalue weighted by Gasteiger charge is -2.15. The van der Waals surface area contributed by atoms with Crippen molar-refractivity contribution < 1.29 is 18.7 Å². The van der Waals surface area contributed by atoms with Crippen LogP contribution in [0.2, 0.25) is 0 Å². The molecular weight excluding hydrogens is 443 g/mol. The zero-order chi connectivity index (χ0) is 22.8. The number of halogens is 1. The van der Waals surface area contributed by atoms with E-state index in [4.69, 9.17) is 4.74 Å². The van der Waals surface area contributed by atoms with E-state index in [2.05, 4.69) is 10.2 Å². The molecular formula is C24H23FN4O3S. The molecule has 1 saturated heterocycles. The van der Waals surface area contributed by atoms with Crippen LogP contribution < -0.4 is 0 Å². The average Bonchev–Trinajstić information content (AvgIpc) is 3.54. The molecule has 1 fully saturated rings.